The van der Waals surface area contributed by atoms with E-state index in [0.717, 1.165) is 35.1 Å². The van der Waals surface area contributed by atoms with E-state index in [1.807, 2.05) is 24.3 Å². The first kappa shape index (κ1) is 32.9. The largest absolute Gasteiger partial charge is 0.463 e. The molecular formula is C37H35F2N3O5S. The van der Waals surface area contributed by atoms with Gasteiger partial charge in [-0.15, -0.1) is 0 Å². The summed E-state index contributed by atoms with van der Waals surface area (Å²) in [4.78, 5) is 22.7. The molecule has 0 saturated heterocycles. The number of sulfone groups is 1. The second-order valence-corrected chi connectivity index (χ2v) is 13.7. The normalized spacial score (nSPS) is 17.5. The molecule has 2 aromatic heterocycles. The topological polar surface area (TPSA) is 114 Å². The van der Waals surface area contributed by atoms with E-state index in [2.05, 4.69) is 15.0 Å². The SMILES string of the molecule is CCOC(=O)/C=C/c1cccc(C2CCCCCCS(=O)(=O)/C=C/c3c(c(F)cc4[nH]ccc34)Oc3ccc(F)c(c3)-c3ncc2[nH]3)c1. The number of rotatable bonds is 4. The van der Waals surface area contributed by atoms with Crippen molar-refractivity contribution >= 4 is 38.9 Å². The van der Waals surface area contributed by atoms with E-state index in [9.17, 15) is 13.2 Å². The molecule has 0 radical (unpaired) electrons. The molecule has 248 valence electrons. The van der Waals surface area contributed by atoms with Crippen LogP contribution in [-0.4, -0.2) is 41.7 Å². The number of aromatic amines is 2. The smallest absolute Gasteiger partial charge is 0.330 e. The lowest BCUT2D eigenvalue weighted by Crippen LogP contribution is -2.04. The van der Waals surface area contributed by atoms with Crippen molar-refractivity contribution in [2.45, 2.75) is 44.9 Å². The van der Waals surface area contributed by atoms with Crippen LogP contribution in [0.2, 0.25) is 0 Å². The molecule has 5 aromatic rings. The number of ether oxygens (including phenoxy) is 2. The number of nitrogens with zero attached hydrogens (tertiary/aromatic N) is 1. The molecule has 0 aliphatic carbocycles. The molecule has 1 unspecified atom stereocenters. The summed E-state index contributed by atoms with van der Waals surface area (Å²) in [5.74, 6) is -1.64. The number of imidazole rings is 1. The zero-order valence-electron chi connectivity index (χ0n) is 26.3. The van der Waals surface area contributed by atoms with Gasteiger partial charge in [-0.3, -0.25) is 0 Å². The number of aromatic nitrogens is 3. The highest BCUT2D eigenvalue weighted by molar-refractivity contribution is 7.94. The number of nitrogens with one attached hydrogen (secondary N) is 2. The summed E-state index contributed by atoms with van der Waals surface area (Å²) < 4.78 is 67.8. The van der Waals surface area contributed by atoms with Gasteiger partial charge in [0.1, 0.15) is 17.4 Å². The van der Waals surface area contributed by atoms with E-state index in [-0.39, 0.29) is 46.7 Å². The quantitative estimate of drug-likeness (QED) is 0.146. The van der Waals surface area contributed by atoms with Gasteiger partial charge in [0.05, 0.1) is 17.9 Å². The maximum atomic E-state index is 15.5. The monoisotopic (exact) mass is 671 g/mol. The number of hydrogen-bond acceptors (Lipinski definition) is 6. The number of fused-ring (bicyclic) bond motifs is 8. The summed E-state index contributed by atoms with van der Waals surface area (Å²) in [6.07, 6.45) is 11.2. The molecule has 1 atom stereocenters. The van der Waals surface area contributed by atoms with Crippen molar-refractivity contribution in [2.75, 3.05) is 12.4 Å². The summed E-state index contributed by atoms with van der Waals surface area (Å²) in [6.45, 7) is 2.03. The van der Waals surface area contributed by atoms with Crippen LogP contribution in [0.3, 0.4) is 0 Å². The minimum absolute atomic E-state index is 0.0468. The fourth-order valence-corrected chi connectivity index (χ4v) is 7.03. The van der Waals surface area contributed by atoms with Crippen molar-refractivity contribution in [3.63, 3.8) is 0 Å². The van der Waals surface area contributed by atoms with Crippen molar-refractivity contribution in [3.8, 4) is 22.9 Å². The highest BCUT2D eigenvalue weighted by Crippen LogP contribution is 2.38. The van der Waals surface area contributed by atoms with Gasteiger partial charge in [-0.2, -0.15) is 0 Å². The molecule has 3 heterocycles. The highest BCUT2D eigenvalue weighted by Gasteiger charge is 2.21. The Balaban J connectivity index is 1.40. The summed E-state index contributed by atoms with van der Waals surface area (Å²) in [7, 11) is -3.61. The number of carbonyl (C=O) groups excluding carboxylic acids is 1. The van der Waals surface area contributed by atoms with E-state index >= 15 is 8.78 Å². The highest BCUT2D eigenvalue weighted by atomic mass is 32.2. The lowest BCUT2D eigenvalue weighted by molar-refractivity contribution is -0.137. The molecular weight excluding hydrogens is 636 g/mol. The molecule has 0 fully saturated rings. The molecule has 48 heavy (non-hydrogen) atoms. The number of halogens is 2. The fraction of sp³-hybridized carbons (Fsp3) is 0.243. The summed E-state index contributed by atoms with van der Waals surface area (Å²) in [5, 5.41) is 1.68. The number of hydrogen-bond donors (Lipinski definition) is 2. The van der Waals surface area contributed by atoms with Crippen molar-refractivity contribution in [1.29, 1.82) is 0 Å². The second kappa shape index (κ2) is 14.4. The minimum atomic E-state index is -3.61. The van der Waals surface area contributed by atoms with E-state index in [1.54, 1.807) is 31.5 Å². The molecule has 6 rings (SSSR count). The first-order valence-electron chi connectivity index (χ1n) is 15.9. The number of H-pyrrole nitrogens is 2. The Morgan fingerprint density at radius 2 is 1.92 bits per heavy atom. The van der Waals surface area contributed by atoms with Crippen LogP contribution in [-0.2, 0) is 19.4 Å². The van der Waals surface area contributed by atoms with Gasteiger partial charge in [0, 0.05) is 58.0 Å². The first-order chi connectivity index (χ1) is 23.2. The average Bonchev–Trinajstić information content (AvgIpc) is 3.74. The lowest BCUT2D eigenvalue weighted by Gasteiger charge is -2.17. The molecule has 4 bridgehead atoms. The lowest BCUT2D eigenvalue weighted by atomic mass is 9.89. The average molecular weight is 672 g/mol. The fourth-order valence-electron chi connectivity index (χ4n) is 5.95. The van der Waals surface area contributed by atoms with Crippen molar-refractivity contribution < 1.29 is 31.5 Å². The van der Waals surface area contributed by atoms with Gasteiger partial charge in [0.2, 0.25) is 0 Å². The van der Waals surface area contributed by atoms with Crippen LogP contribution in [0.4, 0.5) is 8.78 Å². The van der Waals surface area contributed by atoms with Crippen LogP contribution >= 0.6 is 0 Å². The summed E-state index contributed by atoms with van der Waals surface area (Å²) in [6, 6.07) is 14.8. The van der Waals surface area contributed by atoms with Crippen molar-refractivity contribution in [3.05, 3.63) is 112 Å². The van der Waals surface area contributed by atoms with Crippen LogP contribution in [0.5, 0.6) is 11.5 Å². The Morgan fingerprint density at radius 1 is 1.06 bits per heavy atom. The third-order valence-electron chi connectivity index (χ3n) is 8.31. The van der Waals surface area contributed by atoms with Gasteiger partial charge >= 0.3 is 5.97 Å². The molecule has 0 spiro atoms. The Morgan fingerprint density at radius 3 is 2.77 bits per heavy atom. The number of esters is 1. The minimum Gasteiger partial charge on any atom is -0.463 e. The first-order valence-corrected chi connectivity index (χ1v) is 17.6. The van der Waals surface area contributed by atoms with Crippen LogP contribution in [0.1, 0.15) is 67.3 Å². The van der Waals surface area contributed by atoms with E-state index in [0.29, 0.717) is 30.2 Å². The second-order valence-electron chi connectivity index (χ2n) is 11.7. The molecule has 0 saturated carbocycles. The molecule has 1 aliphatic rings. The molecule has 2 N–H and O–H groups in total. The van der Waals surface area contributed by atoms with Crippen LogP contribution in [0, 0.1) is 11.6 Å². The molecule has 0 amide bonds. The van der Waals surface area contributed by atoms with Crippen LogP contribution in [0.25, 0.3) is 34.4 Å². The van der Waals surface area contributed by atoms with E-state index < -0.39 is 27.4 Å². The van der Waals surface area contributed by atoms with Crippen LogP contribution < -0.4 is 4.74 Å². The van der Waals surface area contributed by atoms with Gasteiger partial charge in [0.15, 0.2) is 21.4 Å². The van der Waals surface area contributed by atoms with Crippen molar-refractivity contribution in [1.82, 2.24) is 15.0 Å². The molecule has 3 aromatic carbocycles. The Bertz CT molecular complexity index is 2120. The number of benzene rings is 3. The predicted octanol–water partition coefficient (Wildman–Crippen LogP) is 8.69. The van der Waals surface area contributed by atoms with E-state index in [1.165, 1.54) is 36.4 Å². The third-order valence-corrected chi connectivity index (χ3v) is 9.72. The standard InChI is InChI=1S/C37H35F2N3O5S/c1-2-46-35(43)14-11-24-8-7-9-25(20-24)27-10-5-3-4-6-18-48(44,45)19-16-29-28-15-17-40-33(28)22-32(39)36(29)47-26-12-13-31(38)30(21-26)37-41-23-34(27)42-37/h7-9,11-17,19-23,27,40H,2-6,10,18H2,1H3,(H,41,42)/b14-11+,19-16+. The van der Waals surface area contributed by atoms with Crippen LogP contribution in [0.15, 0.2) is 78.5 Å². The Hall–Kier alpha value is -5.03. The predicted molar refractivity (Wildman–Crippen MR) is 182 cm³/mol. The zero-order chi connectivity index (χ0) is 33.7. The van der Waals surface area contributed by atoms with Gasteiger partial charge in [-0.1, -0.05) is 43.5 Å². The van der Waals surface area contributed by atoms with Gasteiger partial charge in [0.25, 0.3) is 0 Å². The third kappa shape index (κ3) is 7.57. The number of carbonyl (C=O) groups is 1. The maximum Gasteiger partial charge on any atom is 0.330 e. The molecule has 1 aliphatic heterocycles. The summed E-state index contributed by atoms with van der Waals surface area (Å²) in [5.41, 5.74) is 3.40. The maximum absolute atomic E-state index is 15.5. The molecule has 11 heteroatoms. The molecule has 8 nitrogen and oxygen atoms in total. The van der Waals surface area contributed by atoms with E-state index in [4.69, 9.17) is 9.47 Å². The Kier molecular flexibility index (Phi) is 9.86. The van der Waals surface area contributed by atoms with Gasteiger partial charge in [-0.25, -0.2) is 27.0 Å². The Labute approximate surface area is 277 Å². The zero-order valence-corrected chi connectivity index (χ0v) is 27.2. The van der Waals surface area contributed by atoms with Gasteiger partial charge in [-0.05, 0) is 67.3 Å². The van der Waals surface area contributed by atoms with Gasteiger partial charge < -0.3 is 19.4 Å². The van der Waals surface area contributed by atoms with Crippen molar-refractivity contribution in [2.24, 2.45) is 0 Å². The summed E-state index contributed by atoms with van der Waals surface area (Å²) >= 11 is 0.